The molecule has 0 aliphatic rings. The molecule has 0 radical (unpaired) electrons. The van der Waals surface area contributed by atoms with E-state index in [0.29, 0.717) is 11.4 Å². The van der Waals surface area contributed by atoms with Gasteiger partial charge in [-0.15, -0.1) is 0 Å². The Morgan fingerprint density at radius 2 is 2.26 bits per heavy atom. The van der Waals surface area contributed by atoms with Crippen molar-refractivity contribution in [3.63, 3.8) is 0 Å². The highest BCUT2D eigenvalue weighted by molar-refractivity contribution is 5.51. The van der Waals surface area contributed by atoms with E-state index >= 15 is 0 Å². The zero-order chi connectivity index (χ0) is 13.8. The predicted octanol–water partition coefficient (Wildman–Crippen LogP) is 2.27. The van der Waals surface area contributed by atoms with Crippen LogP contribution in [0, 0.1) is 25.2 Å². The van der Waals surface area contributed by atoms with E-state index in [1.807, 2.05) is 31.5 Å². The van der Waals surface area contributed by atoms with E-state index in [1.54, 1.807) is 18.3 Å². The molecule has 0 aliphatic carbocycles. The molecule has 0 fully saturated rings. The van der Waals surface area contributed by atoms with Crippen molar-refractivity contribution in [2.75, 3.05) is 5.32 Å². The van der Waals surface area contributed by atoms with E-state index in [0.717, 1.165) is 17.9 Å². The number of pyridine rings is 1. The second-order valence-corrected chi connectivity index (χ2v) is 4.67. The first-order valence-corrected chi connectivity index (χ1v) is 6.23. The second-order valence-electron chi connectivity index (χ2n) is 4.67. The maximum atomic E-state index is 9.02. The van der Waals surface area contributed by atoms with Crippen molar-refractivity contribution in [3.05, 3.63) is 41.3 Å². The van der Waals surface area contributed by atoms with Gasteiger partial charge in [-0.1, -0.05) is 0 Å². The van der Waals surface area contributed by atoms with Gasteiger partial charge in [0, 0.05) is 17.9 Å². The lowest BCUT2D eigenvalue weighted by molar-refractivity contribution is 0.544. The third kappa shape index (κ3) is 3.10. The summed E-state index contributed by atoms with van der Waals surface area (Å²) in [5.41, 5.74) is 2.70. The Bertz CT molecular complexity index is 609. The SMILES string of the molecule is Cc1cc(C)n(CC(C)Nc2ncccc2C#N)n1. The molecule has 5 heteroatoms. The Morgan fingerprint density at radius 1 is 1.47 bits per heavy atom. The highest BCUT2D eigenvalue weighted by Crippen LogP contribution is 2.12. The van der Waals surface area contributed by atoms with Crippen molar-refractivity contribution in [2.45, 2.75) is 33.4 Å². The zero-order valence-corrected chi connectivity index (χ0v) is 11.4. The van der Waals surface area contributed by atoms with Crippen LogP contribution in [-0.4, -0.2) is 20.8 Å². The summed E-state index contributed by atoms with van der Waals surface area (Å²) < 4.78 is 1.96. The molecule has 2 rings (SSSR count). The molecule has 19 heavy (non-hydrogen) atoms. The van der Waals surface area contributed by atoms with Crippen LogP contribution in [0.1, 0.15) is 23.9 Å². The molecule has 1 unspecified atom stereocenters. The first-order chi connectivity index (χ1) is 9.10. The zero-order valence-electron chi connectivity index (χ0n) is 11.4. The molecule has 0 saturated carbocycles. The lowest BCUT2D eigenvalue weighted by atomic mass is 10.2. The Morgan fingerprint density at radius 3 is 2.89 bits per heavy atom. The van der Waals surface area contributed by atoms with Crippen LogP contribution >= 0.6 is 0 Å². The first-order valence-electron chi connectivity index (χ1n) is 6.23. The van der Waals surface area contributed by atoms with Gasteiger partial charge >= 0.3 is 0 Å². The molecule has 2 heterocycles. The van der Waals surface area contributed by atoms with Gasteiger partial charge in [0.2, 0.25) is 0 Å². The Labute approximate surface area is 112 Å². The van der Waals surface area contributed by atoms with Crippen LogP contribution in [0.15, 0.2) is 24.4 Å². The van der Waals surface area contributed by atoms with Crippen LogP contribution in [0.4, 0.5) is 5.82 Å². The summed E-state index contributed by atoms with van der Waals surface area (Å²) in [6.07, 6.45) is 1.68. The van der Waals surface area contributed by atoms with Crippen molar-refractivity contribution in [2.24, 2.45) is 0 Å². The summed E-state index contributed by atoms with van der Waals surface area (Å²) in [7, 11) is 0. The fourth-order valence-corrected chi connectivity index (χ4v) is 2.01. The van der Waals surface area contributed by atoms with Crippen LogP contribution < -0.4 is 5.32 Å². The number of aromatic nitrogens is 3. The topological polar surface area (TPSA) is 66.5 Å². The average molecular weight is 255 g/mol. The fraction of sp³-hybridized carbons (Fsp3) is 0.357. The minimum absolute atomic E-state index is 0.139. The van der Waals surface area contributed by atoms with E-state index in [-0.39, 0.29) is 6.04 Å². The smallest absolute Gasteiger partial charge is 0.144 e. The molecular weight excluding hydrogens is 238 g/mol. The Kier molecular flexibility index (Phi) is 3.81. The molecule has 0 spiro atoms. The van der Waals surface area contributed by atoms with E-state index in [1.165, 1.54) is 0 Å². The van der Waals surface area contributed by atoms with Crippen molar-refractivity contribution in [3.8, 4) is 6.07 Å². The molecule has 0 aromatic carbocycles. The number of hydrogen-bond donors (Lipinski definition) is 1. The molecule has 2 aromatic rings. The predicted molar refractivity (Wildman–Crippen MR) is 73.7 cm³/mol. The van der Waals surface area contributed by atoms with Gasteiger partial charge in [-0.3, -0.25) is 4.68 Å². The molecular formula is C14H17N5. The minimum atomic E-state index is 0.139. The van der Waals surface area contributed by atoms with E-state index in [4.69, 9.17) is 5.26 Å². The van der Waals surface area contributed by atoms with Crippen molar-refractivity contribution in [1.82, 2.24) is 14.8 Å². The van der Waals surface area contributed by atoms with Gasteiger partial charge in [-0.05, 0) is 39.0 Å². The lowest BCUT2D eigenvalue weighted by Crippen LogP contribution is -2.24. The third-order valence-electron chi connectivity index (χ3n) is 2.86. The normalized spacial score (nSPS) is 11.9. The van der Waals surface area contributed by atoms with Gasteiger partial charge in [-0.2, -0.15) is 10.4 Å². The van der Waals surface area contributed by atoms with Gasteiger partial charge in [0.05, 0.1) is 17.8 Å². The van der Waals surface area contributed by atoms with Crippen LogP contribution in [0.2, 0.25) is 0 Å². The molecule has 0 saturated heterocycles. The molecule has 1 atom stereocenters. The lowest BCUT2D eigenvalue weighted by Gasteiger charge is -2.16. The van der Waals surface area contributed by atoms with Gasteiger partial charge in [0.1, 0.15) is 11.9 Å². The summed E-state index contributed by atoms with van der Waals surface area (Å²) in [6, 6.07) is 7.84. The number of anilines is 1. The van der Waals surface area contributed by atoms with Crippen LogP contribution in [-0.2, 0) is 6.54 Å². The molecule has 5 nitrogen and oxygen atoms in total. The highest BCUT2D eigenvalue weighted by Gasteiger charge is 2.09. The summed E-state index contributed by atoms with van der Waals surface area (Å²) in [4.78, 5) is 4.20. The summed E-state index contributed by atoms with van der Waals surface area (Å²) in [6.45, 7) is 6.80. The second kappa shape index (κ2) is 5.53. The van der Waals surface area contributed by atoms with Gasteiger partial charge in [-0.25, -0.2) is 4.98 Å². The number of hydrogen-bond acceptors (Lipinski definition) is 4. The largest absolute Gasteiger partial charge is 0.365 e. The molecule has 0 bridgehead atoms. The number of aryl methyl sites for hydroxylation is 2. The molecule has 0 amide bonds. The maximum absolute atomic E-state index is 9.02. The molecule has 1 N–H and O–H groups in total. The van der Waals surface area contributed by atoms with Gasteiger partial charge in [0.15, 0.2) is 0 Å². The van der Waals surface area contributed by atoms with Crippen molar-refractivity contribution in [1.29, 1.82) is 5.26 Å². The Balaban J connectivity index is 2.08. The number of nitrogens with one attached hydrogen (secondary N) is 1. The van der Waals surface area contributed by atoms with Crippen molar-refractivity contribution >= 4 is 5.82 Å². The van der Waals surface area contributed by atoms with Crippen LogP contribution in [0.5, 0.6) is 0 Å². The molecule has 98 valence electrons. The highest BCUT2D eigenvalue weighted by atomic mass is 15.3. The van der Waals surface area contributed by atoms with Gasteiger partial charge < -0.3 is 5.32 Å². The third-order valence-corrected chi connectivity index (χ3v) is 2.86. The monoisotopic (exact) mass is 255 g/mol. The van der Waals surface area contributed by atoms with E-state index in [2.05, 4.69) is 21.5 Å². The fourth-order valence-electron chi connectivity index (χ4n) is 2.01. The summed E-state index contributed by atoms with van der Waals surface area (Å²) >= 11 is 0. The van der Waals surface area contributed by atoms with Crippen LogP contribution in [0.3, 0.4) is 0 Å². The summed E-state index contributed by atoms with van der Waals surface area (Å²) in [5.74, 6) is 0.624. The molecule has 2 aromatic heterocycles. The molecule has 0 aliphatic heterocycles. The van der Waals surface area contributed by atoms with E-state index < -0.39 is 0 Å². The number of nitriles is 1. The summed E-state index contributed by atoms with van der Waals surface area (Å²) in [5, 5.41) is 16.7. The van der Waals surface area contributed by atoms with Gasteiger partial charge in [0.25, 0.3) is 0 Å². The minimum Gasteiger partial charge on any atom is -0.365 e. The van der Waals surface area contributed by atoms with Crippen LogP contribution in [0.25, 0.3) is 0 Å². The maximum Gasteiger partial charge on any atom is 0.144 e. The average Bonchev–Trinajstić information content (AvgIpc) is 2.68. The van der Waals surface area contributed by atoms with Crippen molar-refractivity contribution < 1.29 is 0 Å². The standard InChI is InChI=1S/C14H17N5/c1-10-7-12(3)19(18-10)9-11(2)17-14-13(8-15)5-4-6-16-14/h4-7,11H,9H2,1-3H3,(H,16,17). The number of rotatable bonds is 4. The first kappa shape index (κ1) is 13.1. The van der Waals surface area contributed by atoms with E-state index in [9.17, 15) is 0 Å². The Hall–Kier alpha value is -2.35. The quantitative estimate of drug-likeness (QED) is 0.910. The number of nitrogens with zero attached hydrogens (tertiary/aromatic N) is 4.